The first-order chi connectivity index (χ1) is 13.8. The molecule has 11 heteroatoms. The lowest BCUT2D eigenvalue weighted by molar-refractivity contribution is -0.137. The van der Waals surface area contributed by atoms with Crippen LogP contribution < -0.4 is 10.2 Å². The molecule has 6 nitrogen and oxygen atoms in total. The van der Waals surface area contributed by atoms with E-state index in [0.717, 1.165) is 22.6 Å². The molecular weight excluding hydrogens is 423 g/mol. The average molecular weight is 446 g/mol. The zero-order valence-corrected chi connectivity index (χ0v) is 17.5. The maximum Gasteiger partial charge on any atom is 0.416 e. The number of carbonyl (C=O) groups excluding carboxylic acids is 1. The van der Waals surface area contributed by atoms with Gasteiger partial charge in [0.1, 0.15) is 0 Å². The van der Waals surface area contributed by atoms with Gasteiger partial charge in [-0.1, -0.05) is 36.1 Å². The fourth-order valence-corrected chi connectivity index (χ4v) is 4.61. The number of anilines is 2. The van der Waals surface area contributed by atoms with Crippen molar-refractivity contribution < 1.29 is 18.0 Å². The van der Waals surface area contributed by atoms with Crippen LogP contribution in [0, 0.1) is 0 Å². The molecule has 3 rings (SSSR count). The molecule has 0 atom stereocenters. The van der Waals surface area contributed by atoms with E-state index in [0.29, 0.717) is 37.0 Å². The third-order valence-electron chi connectivity index (χ3n) is 4.36. The number of piperazine rings is 1. The van der Waals surface area contributed by atoms with Crippen molar-refractivity contribution in [1.82, 2.24) is 15.1 Å². The Morgan fingerprint density at radius 3 is 2.69 bits per heavy atom. The van der Waals surface area contributed by atoms with Gasteiger partial charge in [-0.05, 0) is 24.6 Å². The van der Waals surface area contributed by atoms with Crippen molar-refractivity contribution in [3.63, 3.8) is 0 Å². The van der Waals surface area contributed by atoms with Crippen molar-refractivity contribution in [3.05, 3.63) is 29.8 Å². The number of nitrogens with zero attached hydrogens (tertiary/aromatic N) is 4. The van der Waals surface area contributed by atoms with Gasteiger partial charge in [-0.15, -0.1) is 10.2 Å². The molecule has 2 aromatic rings. The van der Waals surface area contributed by atoms with Crippen molar-refractivity contribution in [1.29, 1.82) is 0 Å². The Morgan fingerprint density at radius 2 is 2.00 bits per heavy atom. The van der Waals surface area contributed by atoms with Gasteiger partial charge >= 0.3 is 6.18 Å². The van der Waals surface area contributed by atoms with Gasteiger partial charge in [0.2, 0.25) is 11.0 Å². The number of amides is 1. The standard InChI is InChI=1S/C18H22F3N5OS2/c1-2-10-28-17-24-23-16(29-17)22-15(27)12-25-6-8-26(9-7-25)14-5-3-4-13(11-14)18(19,20)21/h3-5,11H,2,6-10,12H2,1H3,(H,22,23,27). The molecule has 0 bridgehead atoms. The number of aromatic nitrogens is 2. The van der Waals surface area contributed by atoms with E-state index >= 15 is 0 Å². The Kier molecular flexibility index (Phi) is 7.36. The zero-order valence-electron chi connectivity index (χ0n) is 15.9. The fraction of sp³-hybridized carbons (Fsp3) is 0.500. The predicted molar refractivity (Wildman–Crippen MR) is 110 cm³/mol. The molecule has 1 aromatic carbocycles. The van der Waals surface area contributed by atoms with Crippen LogP contribution in [0.5, 0.6) is 0 Å². The SMILES string of the molecule is CCCSc1nnc(NC(=O)CN2CCN(c3cccc(C(F)(F)F)c3)CC2)s1. The number of alkyl halides is 3. The smallest absolute Gasteiger partial charge is 0.369 e. The first-order valence-corrected chi connectivity index (χ1v) is 11.1. The molecule has 1 fully saturated rings. The van der Waals surface area contributed by atoms with E-state index < -0.39 is 11.7 Å². The van der Waals surface area contributed by atoms with Gasteiger partial charge in [0.15, 0.2) is 4.34 Å². The van der Waals surface area contributed by atoms with Gasteiger partial charge in [0, 0.05) is 37.6 Å². The monoisotopic (exact) mass is 445 g/mol. The molecule has 1 aromatic heterocycles. The number of carbonyl (C=O) groups is 1. The number of hydrogen-bond acceptors (Lipinski definition) is 7. The van der Waals surface area contributed by atoms with Gasteiger partial charge in [-0.3, -0.25) is 15.0 Å². The Bertz CT molecular complexity index is 822. The van der Waals surface area contributed by atoms with Crippen LogP contribution in [-0.4, -0.2) is 59.5 Å². The molecule has 0 radical (unpaired) electrons. The van der Waals surface area contributed by atoms with Gasteiger partial charge in [0.25, 0.3) is 0 Å². The molecule has 1 aliphatic rings. The molecule has 0 unspecified atom stereocenters. The van der Waals surface area contributed by atoms with Crippen LogP contribution in [0.15, 0.2) is 28.6 Å². The van der Waals surface area contributed by atoms with Crippen molar-refractivity contribution in [3.8, 4) is 0 Å². The predicted octanol–water partition coefficient (Wildman–Crippen LogP) is 3.82. The second-order valence-electron chi connectivity index (χ2n) is 6.58. The molecule has 0 spiro atoms. The topological polar surface area (TPSA) is 61.4 Å². The summed E-state index contributed by atoms with van der Waals surface area (Å²) in [4.78, 5) is 16.1. The summed E-state index contributed by atoms with van der Waals surface area (Å²) in [5, 5.41) is 11.3. The van der Waals surface area contributed by atoms with E-state index in [1.165, 1.54) is 23.5 Å². The van der Waals surface area contributed by atoms with E-state index in [1.54, 1.807) is 17.8 Å². The summed E-state index contributed by atoms with van der Waals surface area (Å²) in [6, 6.07) is 5.35. The highest BCUT2D eigenvalue weighted by Gasteiger charge is 2.31. The number of benzene rings is 1. The molecular formula is C18H22F3N5OS2. The molecule has 29 heavy (non-hydrogen) atoms. The molecule has 0 saturated carbocycles. The quantitative estimate of drug-likeness (QED) is 0.517. The first kappa shape index (κ1) is 21.8. The van der Waals surface area contributed by atoms with Crippen LogP contribution in [0.1, 0.15) is 18.9 Å². The minimum Gasteiger partial charge on any atom is -0.369 e. The van der Waals surface area contributed by atoms with Crippen LogP contribution in [0.3, 0.4) is 0 Å². The summed E-state index contributed by atoms with van der Waals surface area (Å²) >= 11 is 2.97. The van der Waals surface area contributed by atoms with Gasteiger partial charge in [-0.2, -0.15) is 13.2 Å². The highest BCUT2D eigenvalue weighted by molar-refractivity contribution is 8.01. The lowest BCUT2D eigenvalue weighted by Crippen LogP contribution is -2.48. The Hall–Kier alpha value is -1.85. The number of nitrogens with one attached hydrogen (secondary N) is 1. The first-order valence-electron chi connectivity index (χ1n) is 9.26. The van der Waals surface area contributed by atoms with E-state index in [1.807, 2.05) is 9.80 Å². The summed E-state index contributed by atoms with van der Waals surface area (Å²) in [7, 11) is 0. The van der Waals surface area contributed by atoms with E-state index in [4.69, 9.17) is 0 Å². The van der Waals surface area contributed by atoms with Crippen molar-refractivity contribution in [2.24, 2.45) is 0 Å². The van der Waals surface area contributed by atoms with Crippen LogP contribution in [0.2, 0.25) is 0 Å². The van der Waals surface area contributed by atoms with Gasteiger partial charge in [-0.25, -0.2) is 0 Å². The summed E-state index contributed by atoms with van der Waals surface area (Å²) in [5.74, 6) is 0.791. The Morgan fingerprint density at radius 1 is 1.24 bits per heavy atom. The summed E-state index contributed by atoms with van der Waals surface area (Å²) in [6.45, 7) is 4.61. The van der Waals surface area contributed by atoms with E-state index in [-0.39, 0.29) is 12.5 Å². The van der Waals surface area contributed by atoms with Crippen LogP contribution in [0.4, 0.5) is 24.0 Å². The highest BCUT2D eigenvalue weighted by atomic mass is 32.2. The molecule has 1 aliphatic heterocycles. The second-order valence-corrected chi connectivity index (χ2v) is 8.90. The molecule has 0 aliphatic carbocycles. The van der Waals surface area contributed by atoms with Crippen molar-refractivity contribution in [2.75, 3.05) is 48.7 Å². The van der Waals surface area contributed by atoms with Crippen LogP contribution in [0.25, 0.3) is 0 Å². The van der Waals surface area contributed by atoms with Gasteiger partial charge < -0.3 is 4.90 Å². The Balaban J connectivity index is 1.47. The van der Waals surface area contributed by atoms with E-state index in [9.17, 15) is 18.0 Å². The number of hydrogen-bond donors (Lipinski definition) is 1. The second kappa shape index (κ2) is 9.77. The van der Waals surface area contributed by atoms with E-state index in [2.05, 4.69) is 22.4 Å². The lowest BCUT2D eigenvalue weighted by atomic mass is 10.1. The highest BCUT2D eigenvalue weighted by Crippen LogP contribution is 2.32. The minimum atomic E-state index is -4.35. The Labute approximate surface area is 175 Å². The molecule has 2 heterocycles. The molecule has 1 amide bonds. The molecule has 158 valence electrons. The maximum atomic E-state index is 12.9. The normalized spacial score (nSPS) is 15.5. The largest absolute Gasteiger partial charge is 0.416 e. The summed E-state index contributed by atoms with van der Waals surface area (Å²) < 4.78 is 39.5. The molecule has 1 saturated heterocycles. The lowest BCUT2D eigenvalue weighted by Gasteiger charge is -2.35. The molecule has 1 N–H and O–H groups in total. The van der Waals surface area contributed by atoms with Crippen molar-refractivity contribution >= 4 is 39.8 Å². The number of halogens is 3. The fourth-order valence-electron chi connectivity index (χ4n) is 2.91. The van der Waals surface area contributed by atoms with Crippen LogP contribution in [-0.2, 0) is 11.0 Å². The summed E-state index contributed by atoms with van der Waals surface area (Å²) in [6.07, 6.45) is -3.31. The third kappa shape index (κ3) is 6.31. The van der Waals surface area contributed by atoms with Crippen LogP contribution >= 0.6 is 23.1 Å². The average Bonchev–Trinajstić information content (AvgIpc) is 3.13. The van der Waals surface area contributed by atoms with Crippen molar-refractivity contribution in [2.45, 2.75) is 23.9 Å². The number of thioether (sulfide) groups is 1. The zero-order chi connectivity index (χ0) is 20.9. The van der Waals surface area contributed by atoms with Gasteiger partial charge in [0.05, 0.1) is 12.1 Å². The minimum absolute atomic E-state index is 0.166. The maximum absolute atomic E-state index is 12.9. The summed E-state index contributed by atoms with van der Waals surface area (Å²) in [5.41, 5.74) is -0.0970. The third-order valence-corrected chi connectivity index (χ3v) is 6.54. The number of rotatable bonds is 7.